The molecule has 2 aromatic heterocycles. The van der Waals surface area contributed by atoms with Crippen molar-refractivity contribution in [1.82, 2.24) is 20.3 Å². The third-order valence-corrected chi connectivity index (χ3v) is 3.91. The van der Waals surface area contributed by atoms with E-state index in [1.54, 1.807) is 6.07 Å². The molecule has 23 heavy (non-hydrogen) atoms. The van der Waals surface area contributed by atoms with Crippen LogP contribution in [0.4, 0.5) is 4.39 Å². The lowest BCUT2D eigenvalue weighted by Gasteiger charge is -2.06. The molecular weight excluding hydrogens is 295 g/mol. The van der Waals surface area contributed by atoms with Gasteiger partial charge in [-0.2, -0.15) is 0 Å². The van der Waals surface area contributed by atoms with Crippen LogP contribution in [-0.2, 0) is 6.42 Å². The standard InChI is InChI=1S/C17H17FN4O/c1-10-3-4-14(18)16-15(10)13(11(2)22-16)5-6-21-17(23)12-7-19-9-20-8-12/h3-4,7-9,22H,5-6H2,1-2H3,(H,21,23). The van der Waals surface area contributed by atoms with Gasteiger partial charge in [-0.05, 0) is 37.5 Å². The fraction of sp³-hybridized carbons (Fsp3) is 0.235. The Hall–Kier alpha value is -2.76. The highest BCUT2D eigenvalue weighted by molar-refractivity contribution is 5.93. The summed E-state index contributed by atoms with van der Waals surface area (Å²) >= 11 is 0. The Balaban J connectivity index is 1.76. The molecule has 3 rings (SSSR count). The van der Waals surface area contributed by atoms with Gasteiger partial charge in [0.2, 0.25) is 0 Å². The number of aromatic amines is 1. The molecule has 1 amide bonds. The van der Waals surface area contributed by atoms with E-state index in [1.165, 1.54) is 24.8 Å². The smallest absolute Gasteiger partial charge is 0.254 e. The van der Waals surface area contributed by atoms with Crippen LogP contribution in [0.15, 0.2) is 30.9 Å². The fourth-order valence-corrected chi connectivity index (χ4v) is 2.77. The van der Waals surface area contributed by atoms with E-state index in [0.717, 1.165) is 22.2 Å². The highest BCUT2D eigenvalue weighted by Crippen LogP contribution is 2.27. The van der Waals surface area contributed by atoms with E-state index in [9.17, 15) is 9.18 Å². The van der Waals surface area contributed by atoms with Crippen molar-refractivity contribution < 1.29 is 9.18 Å². The largest absolute Gasteiger partial charge is 0.356 e. The van der Waals surface area contributed by atoms with Gasteiger partial charge in [-0.25, -0.2) is 14.4 Å². The lowest BCUT2D eigenvalue weighted by molar-refractivity contribution is 0.0953. The van der Waals surface area contributed by atoms with Gasteiger partial charge >= 0.3 is 0 Å². The summed E-state index contributed by atoms with van der Waals surface area (Å²) in [5, 5.41) is 3.74. The minimum absolute atomic E-state index is 0.217. The highest BCUT2D eigenvalue weighted by atomic mass is 19.1. The second-order valence-electron chi connectivity index (χ2n) is 5.48. The van der Waals surface area contributed by atoms with Crippen molar-refractivity contribution in [1.29, 1.82) is 0 Å². The van der Waals surface area contributed by atoms with Gasteiger partial charge in [0.25, 0.3) is 5.91 Å². The molecule has 0 radical (unpaired) electrons. The van der Waals surface area contributed by atoms with E-state index in [2.05, 4.69) is 20.3 Å². The summed E-state index contributed by atoms with van der Waals surface area (Å²) in [6.07, 6.45) is 4.94. The number of benzene rings is 1. The quantitative estimate of drug-likeness (QED) is 0.778. The van der Waals surface area contributed by atoms with Crippen LogP contribution in [-0.4, -0.2) is 27.4 Å². The van der Waals surface area contributed by atoms with Crippen molar-refractivity contribution in [2.45, 2.75) is 20.3 Å². The van der Waals surface area contributed by atoms with Crippen molar-refractivity contribution in [3.63, 3.8) is 0 Å². The Labute approximate surface area is 133 Å². The summed E-state index contributed by atoms with van der Waals surface area (Å²) in [5.74, 6) is -0.476. The molecule has 0 aliphatic rings. The summed E-state index contributed by atoms with van der Waals surface area (Å²) in [4.78, 5) is 22.7. The molecule has 118 valence electrons. The van der Waals surface area contributed by atoms with Gasteiger partial charge in [0.1, 0.15) is 12.1 Å². The molecule has 5 nitrogen and oxygen atoms in total. The summed E-state index contributed by atoms with van der Waals surface area (Å²) in [5.41, 5.74) is 3.92. The van der Waals surface area contributed by atoms with Gasteiger partial charge in [0.15, 0.2) is 0 Å². The Bertz CT molecular complexity index is 858. The number of hydrogen-bond donors (Lipinski definition) is 2. The number of nitrogens with zero attached hydrogens (tertiary/aromatic N) is 2. The van der Waals surface area contributed by atoms with Gasteiger partial charge in [-0.1, -0.05) is 6.07 Å². The van der Waals surface area contributed by atoms with E-state index < -0.39 is 0 Å². The predicted octanol–water partition coefficient (Wildman–Crippen LogP) is 2.69. The van der Waals surface area contributed by atoms with Crippen LogP contribution in [0.3, 0.4) is 0 Å². The number of hydrogen-bond acceptors (Lipinski definition) is 3. The minimum Gasteiger partial charge on any atom is -0.356 e. The van der Waals surface area contributed by atoms with Gasteiger partial charge in [-0.3, -0.25) is 4.79 Å². The number of aryl methyl sites for hydroxylation is 2. The number of carbonyl (C=O) groups is 1. The van der Waals surface area contributed by atoms with Crippen LogP contribution in [0.25, 0.3) is 10.9 Å². The summed E-state index contributed by atoms with van der Waals surface area (Å²) in [7, 11) is 0. The number of amides is 1. The fourth-order valence-electron chi connectivity index (χ4n) is 2.77. The molecule has 0 spiro atoms. The average molecular weight is 312 g/mol. The molecule has 0 aliphatic heterocycles. The third kappa shape index (κ3) is 2.92. The number of aromatic nitrogens is 3. The maximum Gasteiger partial charge on any atom is 0.254 e. The van der Waals surface area contributed by atoms with Crippen LogP contribution >= 0.6 is 0 Å². The maximum absolute atomic E-state index is 13.9. The molecule has 2 heterocycles. The molecule has 0 fully saturated rings. The van der Waals surface area contributed by atoms with Crippen LogP contribution in [0.5, 0.6) is 0 Å². The van der Waals surface area contributed by atoms with Crippen LogP contribution in [0.2, 0.25) is 0 Å². The van der Waals surface area contributed by atoms with E-state index in [-0.39, 0.29) is 11.7 Å². The highest BCUT2D eigenvalue weighted by Gasteiger charge is 2.14. The Morgan fingerprint density at radius 2 is 2.00 bits per heavy atom. The Morgan fingerprint density at radius 3 is 2.74 bits per heavy atom. The lowest BCUT2D eigenvalue weighted by Crippen LogP contribution is -2.26. The monoisotopic (exact) mass is 312 g/mol. The minimum atomic E-state index is -0.259. The normalized spacial score (nSPS) is 10.9. The first-order chi connectivity index (χ1) is 11.1. The van der Waals surface area contributed by atoms with Crippen molar-refractivity contribution in [3.8, 4) is 0 Å². The second kappa shape index (κ2) is 6.16. The second-order valence-corrected chi connectivity index (χ2v) is 5.48. The molecular formula is C17H17FN4O. The molecule has 3 aromatic rings. The topological polar surface area (TPSA) is 70.7 Å². The van der Waals surface area contributed by atoms with E-state index >= 15 is 0 Å². The van der Waals surface area contributed by atoms with Crippen molar-refractivity contribution in [3.05, 3.63) is 59.1 Å². The molecule has 1 aromatic carbocycles. The molecule has 0 atom stereocenters. The molecule has 6 heteroatoms. The van der Waals surface area contributed by atoms with Gasteiger partial charge in [-0.15, -0.1) is 0 Å². The van der Waals surface area contributed by atoms with Crippen LogP contribution < -0.4 is 5.32 Å². The van der Waals surface area contributed by atoms with Crippen molar-refractivity contribution in [2.24, 2.45) is 0 Å². The summed E-state index contributed by atoms with van der Waals surface area (Å²) in [6, 6.07) is 3.24. The number of carbonyl (C=O) groups excluding carboxylic acids is 1. The van der Waals surface area contributed by atoms with Gasteiger partial charge < -0.3 is 10.3 Å². The summed E-state index contributed by atoms with van der Waals surface area (Å²) < 4.78 is 13.9. The first kappa shape index (κ1) is 15.1. The molecule has 0 bridgehead atoms. The molecule has 0 aliphatic carbocycles. The third-order valence-electron chi connectivity index (χ3n) is 3.91. The zero-order chi connectivity index (χ0) is 16.4. The molecule has 2 N–H and O–H groups in total. The Kier molecular flexibility index (Phi) is 4.06. The zero-order valence-corrected chi connectivity index (χ0v) is 13.0. The predicted molar refractivity (Wildman–Crippen MR) is 85.8 cm³/mol. The summed E-state index contributed by atoms with van der Waals surface area (Å²) in [6.45, 7) is 4.33. The maximum atomic E-state index is 13.9. The molecule has 0 saturated carbocycles. The zero-order valence-electron chi connectivity index (χ0n) is 13.0. The van der Waals surface area contributed by atoms with E-state index in [4.69, 9.17) is 0 Å². The Morgan fingerprint density at radius 1 is 1.26 bits per heavy atom. The van der Waals surface area contributed by atoms with Gasteiger partial charge in [0.05, 0.1) is 11.1 Å². The van der Waals surface area contributed by atoms with Crippen LogP contribution in [0, 0.1) is 19.7 Å². The first-order valence-electron chi connectivity index (χ1n) is 7.37. The molecule has 0 saturated heterocycles. The first-order valence-corrected chi connectivity index (χ1v) is 7.37. The average Bonchev–Trinajstić information content (AvgIpc) is 2.90. The SMILES string of the molecule is Cc1[nH]c2c(F)ccc(C)c2c1CCNC(=O)c1cncnc1. The number of halogens is 1. The number of H-pyrrole nitrogens is 1. The van der Waals surface area contributed by atoms with Crippen molar-refractivity contribution in [2.75, 3.05) is 6.54 Å². The van der Waals surface area contributed by atoms with Gasteiger partial charge in [0, 0.05) is 30.0 Å². The number of fused-ring (bicyclic) bond motifs is 1. The number of nitrogens with one attached hydrogen (secondary N) is 2. The van der Waals surface area contributed by atoms with E-state index in [1.807, 2.05) is 13.8 Å². The van der Waals surface area contributed by atoms with Crippen LogP contribution in [0.1, 0.15) is 27.2 Å². The lowest BCUT2D eigenvalue weighted by atomic mass is 10.0. The molecule has 0 unspecified atom stereocenters. The number of rotatable bonds is 4. The van der Waals surface area contributed by atoms with E-state index in [0.29, 0.717) is 24.0 Å². The van der Waals surface area contributed by atoms with Crippen molar-refractivity contribution >= 4 is 16.8 Å².